The fourth-order valence-electron chi connectivity index (χ4n) is 0.863. The first-order valence-corrected chi connectivity index (χ1v) is 4.43. The largest absolute Gasteiger partial charge is 0.121 e. The lowest BCUT2D eigenvalue weighted by Crippen LogP contribution is -2.13. The van der Waals surface area contributed by atoms with Gasteiger partial charge in [-0.1, -0.05) is 15.9 Å². The molecule has 0 bridgehead atoms. The van der Waals surface area contributed by atoms with Crippen molar-refractivity contribution in [3.05, 3.63) is 0 Å². The van der Waals surface area contributed by atoms with E-state index in [-0.39, 0.29) is 10.8 Å². The van der Waals surface area contributed by atoms with Gasteiger partial charge in [0, 0.05) is 4.83 Å². The van der Waals surface area contributed by atoms with Gasteiger partial charge in [0.25, 0.3) is 0 Å². The molecule has 0 aromatic heterocycles. The summed E-state index contributed by atoms with van der Waals surface area (Å²) in [5.74, 6) is 0. The van der Waals surface area contributed by atoms with Crippen LogP contribution in [0.2, 0.25) is 0 Å². The van der Waals surface area contributed by atoms with E-state index in [9.17, 15) is 0 Å². The van der Waals surface area contributed by atoms with E-state index in [1.54, 1.807) is 0 Å². The van der Waals surface area contributed by atoms with E-state index in [2.05, 4.69) is 15.9 Å². The lowest BCUT2D eigenvalue weighted by molar-refractivity contribution is 0.897. The van der Waals surface area contributed by atoms with Crippen LogP contribution in [0.4, 0.5) is 0 Å². The molecule has 0 nitrogen and oxygen atoms in total. The molecule has 0 aliphatic heterocycles. The maximum Gasteiger partial charge on any atom is 0.0624 e. The van der Waals surface area contributed by atoms with Crippen molar-refractivity contribution in [2.24, 2.45) is 0 Å². The van der Waals surface area contributed by atoms with Gasteiger partial charge in [0.15, 0.2) is 0 Å². The minimum Gasteiger partial charge on any atom is -0.121 e. The van der Waals surface area contributed by atoms with E-state index < -0.39 is 0 Å². The summed E-state index contributed by atoms with van der Waals surface area (Å²) in [5.41, 5.74) is 0. The van der Waals surface area contributed by atoms with E-state index in [0.29, 0.717) is 4.83 Å². The summed E-state index contributed by atoms with van der Waals surface area (Å²) >= 11 is 15.1. The Bertz CT molecular complexity index is 76.5. The van der Waals surface area contributed by atoms with Gasteiger partial charge in [-0.2, -0.15) is 0 Å². The van der Waals surface area contributed by atoms with Gasteiger partial charge in [-0.25, -0.2) is 0 Å². The first-order chi connectivity index (χ1) is 3.72. The van der Waals surface area contributed by atoms with Gasteiger partial charge in [-0.05, 0) is 12.8 Å². The monoisotopic (exact) mass is 216 g/mol. The SMILES string of the molecule is ClC1CCC(Br)C1Cl. The molecule has 1 aliphatic carbocycles. The average Bonchev–Trinajstić information content (AvgIpc) is 1.98. The number of hydrogen-bond donors (Lipinski definition) is 0. The molecule has 0 amide bonds. The van der Waals surface area contributed by atoms with Crippen LogP contribution < -0.4 is 0 Å². The Balaban J connectivity index is 2.44. The summed E-state index contributed by atoms with van der Waals surface area (Å²) in [6.45, 7) is 0. The molecule has 1 rings (SSSR count). The average molecular weight is 218 g/mol. The molecule has 0 radical (unpaired) electrons. The second kappa shape index (κ2) is 2.76. The first kappa shape index (κ1) is 7.17. The van der Waals surface area contributed by atoms with Crippen LogP contribution in [0.3, 0.4) is 0 Å². The standard InChI is InChI=1S/C5H7BrCl2/c6-3-1-2-4(7)5(3)8/h3-5H,1-2H2. The quantitative estimate of drug-likeness (QED) is 0.548. The van der Waals surface area contributed by atoms with Crippen molar-refractivity contribution in [2.75, 3.05) is 0 Å². The van der Waals surface area contributed by atoms with Gasteiger partial charge in [-0.15, -0.1) is 23.2 Å². The molecule has 3 heteroatoms. The molecule has 0 aromatic rings. The normalized spacial score (nSPS) is 47.6. The Morgan fingerprint density at radius 1 is 1.25 bits per heavy atom. The van der Waals surface area contributed by atoms with Crippen molar-refractivity contribution in [1.82, 2.24) is 0 Å². The maximum atomic E-state index is 5.83. The zero-order valence-corrected chi connectivity index (χ0v) is 7.38. The van der Waals surface area contributed by atoms with Gasteiger partial charge >= 0.3 is 0 Å². The van der Waals surface area contributed by atoms with Crippen LogP contribution in [0.25, 0.3) is 0 Å². The Kier molecular flexibility index (Phi) is 2.48. The van der Waals surface area contributed by atoms with Gasteiger partial charge in [0.05, 0.1) is 10.8 Å². The highest BCUT2D eigenvalue weighted by molar-refractivity contribution is 9.09. The second-order valence-electron chi connectivity index (χ2n) is 2.05. The molecule has 48 valence electrons. The third kappa shape index (κ3) is 1.31. The van der Waals surface area contributed by atoms with Gasteiger partial charge < -0.3 is 0 Å². The summed E-state index contributed by atoms with van der Waals surface area (Å²) < 4.78 is 0. The molecular formula is C5H7BrCl2. The lowest BCUT2D eigenvalue weighted by Gasteiger charge is -2.05. The van der Waals surface area contributed by atoms with Crippen LogP contribution in [0.5, 0.6) is 0 Å². The zero-order valence-electron chi connectivity index (χ0n) is 4.28. The Morgan fingerprint density at radius 2 is 1.88 bits per heavy atom. The highest BCUT2D eigenvalue weighted by atomic mass is 79.9. The molecule has 1 fully saturated rings. The second-order valence-corrected chi connectivity index (χ2v) is 4.29. The van der Waals surface area contributed by atoms with Crippen LogP contribution in [-0.2, 0) is 0 Å². The van der Waals surface area contributed by atoms with Crippen molar-refractivity contribution in [3.63, 3.8) is 0 Å². The van der Waals surface area contributed by atoms with Crippen molar-refractivity contribution in [3.8, 4) is 0 Å². The minimum absolute atomic E-state index is 0.136. The van der Waals surface area contributed by atoms with Gasteiger partial charge in [-0.3, -0.25) is 0 Å². The third-order valence-electron chi connectivity index (χ3n) is 1.41. The highest BCUT2D eigenvalue weighted by Crippen LogP contribution is 2.33. The molecule has 0 N–H and O–H groups in total. The summed E-state index contributed by atoms with van der Waals surface area (Å²) in [5, 5.41) is 0.317. The van der Waals surface area contributed by atoms with Crippen LogP contribution in [-0.4, -0.2) is 15.6 Å². The van der Waals surface area contributed by atoms with Crippen molar-refractivity contribution >= 4 is 39.1 Å². The van der Waals surface area contributed by atoms with Crippen LogP contribution in [0, 0.1) is 0 Å². The molecule has 3 atom stereocenters. The van der Waals surface area contributed by atoms with Gasteiger partial charge in [0.2, 0.25) is 0 Å². The Hall–Kier alpha value is 1.06. The number of rotatable bonds is 0. The van der Waals surface area contributed by atoms with Crippen molar-refractivity contribution in [2.45, 2.75) is 28.4 Å². The van der Waals surface area contributed by atoms with E-state index in [4.69, 9.17) is 23.2 Å². The summed E-state index contributed by atoms with van der Waals surface area (Å²) in [7, 11) is 0. The zero-order chi connectivity index (χ0) is 6.15. The number of hydrogen-bond acceptors (Lipinski definition) is 0. The predicted molar refractivity (Wildman–Crippen MR) is 41.2 cm³/mol. The van der Waals surface area contributed by atoms with E-state index in [1.165, 1.54) is 0 Å². The summed E-state index contributed by atoms with van der Waals surface area (Å²) in [4.78, 5) is 0.437. The van der Waals surface area contributed by atoms with Crippen molar-refractivity contribution < 1.29 is 0 Å². The number of halogens is 3. The topological polar surface area (TPSA) is 0 Å². The predicted octanol–water partition coefficient (Wildman–Crippen LogP) is 2.76. The smallest absolute Gasteiger partial charge is 0.0624 e. The molecule has 0 aromatic carbocycles. The molecule has 3 unspecified atom stereocenters. The Labute approximate surface area is 67.7 Å². The van der Waals surface area contributed by atoms with Crippen LogP contribution in [0.15, 0.2) is 0 Å². The van der Waals surface area contributed by atoms with E-state index >= 15 is 0 Å². The van der Waals surface area contributed by atoms with Crippen LogP contribution >= 0.6 is 39.1 Å². The van der Waals surface area contributed by atoms with E-state index in [0.717, 1.165) is 12.8 Å². The molecule has 8 heavy (non-hydrogen) atoms. The molecule has 0 saturated heterocycles. The molecule has 1 aliphatic rings. The third-order valence-corrected chi connectivity index (χ3v) is 3.97. The minimum atomic E-state index is 0.136. The van der Waals surface area contributed by atoms with E-state index in [1.807, 2.05) is 0 Å². The summed E-state index contributed by atoms with van der Waals surface area (Å²) in [6, 6.07) is 0. The van der Waals surface area contributed by atoms with Crippen molar-refractivity contribution in [1.29, 1.82) is 0 Å². The first-order valence-electron chi connectivity index (χ1n) is 2.64. The fraction of sp³-hybridized carbons (Fsp3) is 1.00. The maximum absolute atomic E-state index is 5.83. The Morgan fingerprint density at radius 3 is 2.00 bits per heavy atom. The molecular weight excluding hydrogens is 211 g/mol. The lowest BCUT2D eigenvalue weighted by atomic mass is 10.4. The fourth-order valence-corrected chi connectivity index (χ4v) is 2.23. The van der Waals surface area contributed by atoms with Gasteiger partial charge in [0.1, 0.15) is 0 Å². The molecule has 0 spiro atoms. The van der Waals surface area contributed by atoms with Crippen LogP contribution in [0.1, 0.15) is 12.8 Å². The molecule has 1 saturated carbocycles. The number of alkyl halides is 3. The molecule has 0 heterocycles. The summed E-state index contributed by atoms with van der Waals surface area (Å²) in [6.07, 6.45) is 2.16. The highest BCUT2D eigenvalue weighted by Gasteiger charge is 2.30.